The van der Waals surface area contributed by atoms with E-state index in [1.165, 1.54) is 3.97 Å². The standard InChI is InChI=1S/C10H9FN2S.C2H6/c1-8-12-10(7-13(8)14-11)9-5-3-2-4-6-9;1-2/h2-7H,1H3;1-2H3. The summed E-state index contributed by atoms with van der Waals surface area (Å²) in [6.07, 6.45) is 1.69. The topological polar surface area (TPSA) is 17.8 Å². The molecule has 0 aliphatic rings. The van der Waals surface area contributed by atoms with Gasteiger partial charge in [0.1, 0.15) is 5.82 Å². The van der Waals surface area contributed by atoms with Crippen molar-refractivity contribution in [2.24, 2.45) is 0 Å². The Hall–Kier alpha value is -1.29. The second-order valence-corrected chi connectivity index (χ2v) is 3.47. The largest absolute Gasteiger partial charge is 0.249 e. The van der Waals surface area contributed by atoms with Gasteiger partial charge in [0.05, 0.1) is 5.69 Å². The molecule has 0 spiro atoms. The van der Waals surface area contributed by atoms with Gasteiger partial charge in [-0.3, -0.25) is 0 Å². The minimum atomic E-state index is 0.165. The number of halogens is 1. The molecule has 1 aromatic heterocycles. The summed E-state index contributed by atoms with van der Waals surface area (Å²) in [4.78, 5) is 4.25. The molecule has 16 heavy (non-hydrogen) atoms. The summed E-state index contributed by atoms with van der Waals surface area (Å²) in [5, 5.41) is 0. The van der Waals surface area contributed by atoms with E-state index in [1.54, 1.807) is 13.1 Å². The van der Waals surface area contributed by atoms with Gasteiger partial charge >= 0.3 is 0 Å². The predicted molar refractivity (Wildman–Crippen MR) is 67.8 cm³/mol. The molecule has 0 saturated carbocycles. The van der Waals surface area contributed by atoms with Crippen molar-refractivity contribution in [1.82, 2.24) is 8.96 Å². The van der Waals surface area contributed by atoms with Crippen LogP contribution < -0.4 is 0 Å². The van der Waals surface area contributed by atoms with Gasteiger partial charge in [-0.25, -0.2) is 8.96 Å². The first-order chi connectivity index (χ1) is 7.81. The van der Waals surface area contributed by atoms with Gasteiger partial charge < -0.3 is 0 Å². The molecular weight excluding hydrogens is 223 g/mol. The highest BCUT2D eigenvalue weighted by Crippen LogP contribution is 2.21. The van der Waals surface area contributed by atoms with Gasteiger partial charge in [0, 0.05) is 11.8 Å². The molecule has 0 amide bonds. The van der Waals surface area contributed by atoms with Gasteiger partial charge in [0.2, 0.25) is 0 Å². The van der Waals surface area contributed by atoms with E-state index in [0.29, 0.717) is 5.82 Å². The Kier molecular flexibility index (Phi) is 5.05. The van der Waals surface area contributed by atoms with Crippen LogP contribution in [0, 0.1) is 6.92 Å². The van der Waals surface area contributed by atoms with Crippen molar-refractivity contribution in [2.75, 3.05) is 0 Å². The van der Waals surface area contributed by atoms with E-state index < -0.39 is 0 Å². The Morgan fingerprint density at radius 1 is 1.19 bits per heavy atom. The van der Waals surface area contributed by atoms with E-state index in [0.717, 1.165) is 11.3 Å². The van der Waals surface area contributed by atoms with Crippen LogP contribution in [0.1, 0.15) is 19.7 Å². The molecule has 0 aliphatic heterocycles. The fourth-order valence-electron chi connectivity index (χ4n) is 1.27. The lowest BCUT2D eigenvalue weighted by molar-refractivity contribution is 0.905. The Bertz CT molecular complexity index is 426. The maximum atomic E-state index is 12.4. The molecule has 0 bridgehead atoms. The Labute approximate surface area is 99.9 Å². The van der Waals surface area contributed by atoms with Crippen molar-refractivity contribution in [2.45, 2.75) is 20.8 Å². The van der Waals surface area contributed by atoms with Crippen molar-refractivity contribution in [3.63, 3.8) is 0 Å². The van der Waals surface area contributed by atoms with Crippen LogP contribution in [0.2, 0.25) is 0 Å². The third-order valence-corrected chi connectivity index (χ3v) is 2.50. The summed E-state index contributed by atoms with van der Waals surface area (Å²) in [6.45, 7) is 5.78. The number of imidazole rings is 1. The zero-order valence-electron chi connectivity index (χ0n) is 9.64. The van der Waals surface area contributed by atoms with Crippen LogP contribution in [0.25, 0.3) is 11.3 Å². The first-order valence-corrected chi connectivity index (χ1v) is 5.89. The summed E-state index contributed by atoms with van der Waals surface area (Å²) in [6, 6.07) is 9.72. The highest BCUT2D eigenvalue weighted by atomic mass is 32.2. The average molecular weight is 238 g/mol. The third-order valence-electron chi connectivity index (χ3n) is 1.98. The molecule has 0 saturated heterocycles. The smallest absolute Gasteiger partial charge is 0.170 e. The lowest BCUT2D eigenvalue weighted by atomic mass is 10.2. The van der Waals surface area contributed by atoms with Crippen LogP contribution in [0.15, 0.2) is 36.5 Å². The summed E-state index contributed by atoms with van der Waals surface area (Å²) >= 11 is 0.165. The summed E-state index contributed by atoms with van der Waals surface area (Å²) in [5.74, 6) is 0.663. The second-order valence-electron chi connectivity index (χ2n) is 2.93. The highest BCUT2D eigenvalue weighted by molar-refractivity contribution is 7.92. The van der Waals surface area contributed by atoms with Crippen LogP contribution in [0.4, 0.5) is 3.89 Å². The van der Waals surface area contributed by atoms with Crippen molar-refractivity contribution in [3.8, 4) is 11.3 Å². The van der Waals surface area contributed by atoms with Crippen LogP contribution in [-0.4, -0.2) is 8.96 Å². The number of nitrogens with zero attached hydrogens (tertiary/aromatic N) is 2. The first kappa shape index (κ1) is 12.8. The minimum absolute atomic E-state index is 0.165. The SMILES string of the molecule is CC.Cc1nc(-c2ccccc2)cn1SF. The number of aromatic nitrogens is 2. The van der Waals surface area contributed by atoms with Gasteiger partial charge in [0.15, 0.2) is 12.3 Å². The zero-order chi connectivity index (χ0) is 12.0. The molecule has 0 atom stereocenters. The Morgan fingerprint density at radius 3 is 2.31 bits per heavy atom. The molecule has 2 nitrogen and oxygen atoms in total. The molecule has 0 N–H and O–H groups in total. The number of benzene rings is 1. The molecule has 2 rings (SSSR count). The fraction of sp³-hybridized carbons (Fsp3) is 0.250. The van der Waals surface area contributed by atoms with Gasteiger partial charge in [0.25, 0.3) is 0 Å². The Morgan fingerprint density at radius 2 is 1.81 bits per heavy atom. The number of aryl methyl sites for hydroxylation is 1. The monoisotopic (exact) mass is 238 g/mol. The first-order valence-electron chi connectivity index (χ1n) is 5.22. The highest BCUT2D eigenvalue weighted by Gasteiger charge is 2.05. The molecule has 0 unspecified atom stereocenters. The van der Waals surface area contributed by atoms with E-state index in [-0.39, 0.29) is 12.3 Å². The van der Waals surface area contributed by atoms with E-state index in [1.807, 2.05) is 44.2 Å². The van der Waals surface area contributed by atoms with Crippen molar-refractivity contribution >= 4 is 12.3 Å². The van der Waals surface area contributed by atoms with Crippen molar-refractivity contribution in [1.29, 1.82) is 0 Å². The lowest BCUT2D eigenvalue weighted by Gasteiger charge is -1.92. The van der Waals surface area contributed by atoms with E-state index in [2.05, 4.69) is 4.98 Å². The van der Waals surface area contributed by atoms with Crippen LogP contribution in [0.3, 0.4) is 0 Å². The molecule has 86 valence electrons. The third kappa shape index (κ3) is 2.85. The van der Waals surface area contributed by atoms with Gasteiger partial charge in [-0.2, -0.15) is 0 Å². The molecule has 4 heteroatoms. The number of hydrogen-bond donors (Lipinski definition) is 0. The summed E-state index contributed by atoms with van der Waals surface area (Å²) < 4.78 is 13.8. The van der Waals surface area contributed by atoms with Gasteiger partial charge in [-0.15, -0.1) is 3.89 Å². The molecule has 0 fully saturated rings. The van der Waals surface area contributed by atoms with Crippen molar-refractivity contribution < 1.29 is 3.89 Å². The lowest BCUT2D eigenvalue weighted by Crippen LogP contribution is -1.82. The van der Waals surface area contributed by atoms with E-state index in [4.69, 9.17) is 0 Å². The van der Waals surface area contributed by atoms with E-state index in [9.17, 15) is 3.89 Å². The van der Waals surface area contributed by atoms with Crippen LogP contribution in [-0.2, 0) is 0 Å². The molecule has 0 radical (unpaired) electrons. The van der Waals surface area contributed by atoms with Gasteiger partial charge in [-0.05, 0) is 6.92 Å². The van der Waals surface area contributed by atoms with E-state index >= 15 is 0 Å². The zero-order valence-corrected chi connectivity index (χ0v) is 10.5. The predicted octanol–water partition coefficient (Wildman–Crippen LogP) is 4.27. The number of rotatable bonds is 2. The van der Waals surface area contributed by atoms with Crippen LogP contribution >= 0.6 is 12.3 Å². The minimum Gasteiger partial charge on any atom is -0.249 e. The molecule has 1 aromatic carbocycles. The summed E-state index contributed by atoms with van der Waals surface area (Å²) in [7, 11) is 0. The fourth-order valence-corrected chi connectivity index (χ4v) is 1.56. The van der Waals surface area contributed by atoms with Crippen LogP contribution in [0.5, 0.6) is 0 Å². The average Bonchev–Trinajstić information content (AvgIpc) is 2.74. The Balaban J connectivity index is 0.000000606. The molecule has 1 heterocycles. The van der Waals surface area contributed by atoms with Crippen molar-refractivity contribution in [3.05, 3.63) is 42.4 Å². The maximum absolute atomic E-state index is 12.4. The summed E-state index contributed by atoms with van der Waals surface area (Å²) in [5.41, 5.74) is 1.80. The quantitative estimate of drug-likeness (QED) is 0.777. The molecule has 0 aliphatic carbocycles. The second kappa shape index (κ2) is 6.33. The van der Waals surface area contributed by atoms with Gasteiger partial charge in [-0.1, -0.05) is 44.2 Å². The number of hydrogen-bond acceptors (Lipinski definition) is 2. The maximum Gasteiger partial charge on any atom is 0.170 e. The molecular formula is C12H15FN2S. The molecule has 2 aromatic rings. The normalized spacial score (nSPS) is 9.50.